The number of ether oxygens (including phenoxy) is 1. The van der Waals surface area contributed by atoms with Crippen LogP contribution in [0, 0.1) is 23.2 Å². The lowest BCUT2D eigenvalue weighted by atomic mass is 9.49. The quantitative estimate of drug-likeness (QED) is 0.676. The lowest BCUT2D eigenvalue weighted by Crippen LogP contribution is -2.50. The van der Waals surface area contributed by atoms with E-state index in [1.807, 2.05) is 6.92 Å². The van der Waals surface area contributed by atoms with Gasteiger partial charge in [-0.25, -0.2) is 4.99 Å². The molecule has 4 fully saturated rings. The molecule has 0 radical (unpaired) electrons. The Bertz CT molecular complexity index is 372. The predicted molar refractivity (Wildman–Crippen MR) is 67.7 cm³/mol. The number of nitrogens with zero attached hydrogens (tertiary/aromatic N) is 1. The van der Waals surface area contributed by atoms with Crippen LogP contribution in [0.25, 0.3) is 0 Å². The van der Waals surface area contributed by atoms with Gasteiger partial charge in [-0.3, -0.25) is 0 Å². The van der Waals surface area contributed by atoms with E-state index in [1.54, 1.807) is 0 Å². The van der Waals surface area contributed by atoms with Gasteiger partial charge >= 0.3 is 0 Å². The molecule has 1 heterocycles. The first-order chi connectivity index (χ1) is 8.27. The molecule has 0 spiro atoms. The Morgan fingerprint density at radius 2 is 1.71 bits per heavy atom. The van der Waals surface area contributed by atoms with Crippen molar-refractivity contribution < 1.29 is 4.74 Å². The summed E-state index contributed by atoms with van der Waals surface area (Å²) < 4.78 is 6.01. The van der Waals surface area contributed by atoms with Gasteiger partial charge in [0.1, 0.15) is 12.3 Å². The summed E-state index contributed by atoms with van der Waals surface area (Å²) >= 11 is 0. The Hall–Kier alpha value is -0.790. The second-order valence-corrected chi connectivity index (χ2v) is 6.68. The van der Waals surface area contributed by atoms with Crippen LogP contribution in [0.15, 0.2) is 16.8 Å². The van der Waals surface area contributed by atoms with Gasteiger partial charge in [0.2, 0.25) is 0 Å². The summed E-state index contributed by atoms with van der Waals surface area (Å²) in [6, 6.07) is 0. The summed E-state index contributed by atoms with van der Waals surface area (Å²) in [6.45, 7) is 2.83. The van der Waals surface area contributed by atoms with E-state index in [0.717, 1.165) is 36.0 Å². The second-order valence-electron chi connectivity index (χ2n) is 6.68. The van der Waals surface area contributed by atoms with E-state index in [0.29, 0.717) is 5.41 Å². The molecule has 0 saturated heterocycles. The van der Waals surface area contributed by atoms with E-state index < -0.39 is 0 Å². The highest BCUT2D eigenvalue weighted by molar-refractivity contribution is 5.85. The van der Waals surface area contributed by atoms with Crippen molar-refractivity contribution in [2.45, 2.75) is 45.4 Å². The molecule has 17 heavy (non-hydrogen) atoms. The van der Waals surface area contributed by atoms with Crippen molar-refractivity contribution in [3.63, 3.8) is 0 Å². The largest absolute Gasteiger partial charge is 0.445 e. The van der Waals surface area contributed by atoms with E-state index in [4.69, 9.17) is 9.73 Å². The summed E-state index contributed by atoms with van der Waals surface area (Å²) in [7, 11) is 0. The van der Waals surface area contributed by atoms with Crippen LogP contribution in [0.3, 0.4) is 0 Å². The van der Waals surface area contributed by atoms with Crippen LogP contribution < -0.4 is 0 Å². The number of aliphatic imine (C=N–C) groups is 1. The maximum absolute atomic E-state index is 6.01. The Balaban J connectivity index is 1.65. The van der Waals surface area contributed by atoms with Gasteiger partial charge in [0.05, 0.1) is 0 Å². The van der Waals surface area contributed by atoms with Gasteiger partial charge in [-0.1, -0.05) is 0 Å². The zero-order valence-electron chi connectivity index (χ0n) is 10.6. The zero-order chi connectivity index (χ0) is 11.5. The zero-order valence-corrected chi connectivity index (χ0v) is 10.6. The topological polar surface area (TPSA) is 21.6 Å². The molecular formula is C15H21NO. The normalized spacial score (nSPS) is 49.6. The fourth-order valence-electron chi connectivity index (χ4n) is 5.14. The molecule has 0 aromatic rings. The Kier molecular flexibility index (Phi) is 2.01. The minimum Gasteiger partial charge on any atom is -0.445 e. The monoisotopic (exact) mass is 231 g/mol. The van der Waals surface area contributed by atoms with Crippen molar-refractivity contribution in [3.8, 4) is 0 Å². The fraction of sp³-hybridized carbons (Fsp3) is 0.800. The third-order valence-electron chi connectivity index (χ3n) is 5.42. The molecule has 2 nitrogen and oxygen atoms in total. The van der Waals surface area contributed by atoms with Gasteiger partial charge in [-0.15, -0.1) is 0 Å². The molecular weight excluding hydrogens is 210 g/mol. The molecule has 0 amide bonds. The highest BCUT2D eigenvalue weighted by Crippen LogP contribution is 2.61. The smallest absolute Gasteiger partial charge is 0.196 e. The van der Waals surface area contributed by atoms with Gasteiger partial charge in [0.15, 0.2) is 5.90 Å². The van der Waals surface area contributed by atoms with E-state index >= 15 is 0 Å². The highest BCUT2D eigenvalue weighted by atomic mass is 16.5. The Morgan fingerprint density at radius 1 is 1.12 bits per heavy atom. The molecule has 92 valence electrons. The van der Waals surface area contributed by atoms with E-state index in [1.165, 1.54) is 38.5 Å². The maximum Gasteiger partial charge on any atom is 0.196 e. The molecule has 4 bridgehead atoms. The van der Waals surface area contributed by atoms with Crippen LogP contribution in [0.2, 0.25) is 0 Å². The molecule has 5 aliphatic rings. The molecule has 0 aromatic heterocycles. The third-order valence-corrected chi connectivity index (χ3v) is 5.42. The minimum absolute atomic E-state index is 0.347. The van der Waals surface area contributed by atoms with Crippen molar-refractivity contribution in [3.05, 3.63) is 11.8 Å². The first kappa shape index (κ1) is 10.2. The molecule has 4 aliphatic carbocycles. The van der Waals surface area contributed by atoms with E-state index in [2.05, 4.69) is 6.08 Å². The number of rotatable bonds is 1. The summed E-state index contributed by atoms with van der Waals surface area (Å²) in [5, 5.41) is 0. The molecule has 0 atom stereocenters. The molecule has 1 aliphatic heterocycles. The molecule has 0 N–H and O–H groups in total. The molecule has 2 heteroatoms. The Labute approximate surface area is 103 Å². The van der Waals surface area contributed by atoms with Crippen LogP contribution in [0.4, 0.5) is 0 Å². The molecule has 4 saturated carbocycles. The average molecular weight is 231 g/mol. The number of hydrogen-bond acceptors (Lipinski definition) is 2. The summed E-state index contributed by atoms with van der Waals surface area (Å²) in [5.74, 6) is 5.09. The standard InChI is InChI=1S/C15H21NO/c1-2-13-9-16-14(17-13)15-6-10-3-11(7-15)5-12(4-10)8-15/h2,10-12H,3-9H2,1H3/b13-2-. The summed E-state index contributed by atoms with van der Waals surface area (Å²) in [6.07, 6.45) is 10.6. The third kappa shape index (κ3) is 1.42. The summed E-state index contributed by atoms with van der Waals surface area (Å²) in [5.41, 5.74) is 0.347. The summed E-state index contributed by atoms with van der Waals surface area (Å²) in [4.78, 5) is 4.70. The molecule has 5 rings (SSSR count). The van der Waals surface area contributed by atoms with Crippen LogP contribution in [-0.2, 0) is 4.74 Å². The van der Waals surface area contributed by atoms with Crippen LogP contribution >= 0.6 is 0 Å². The van der Waals surface area contributed by atoms with Gasteiger partial charge < -0.3 is 4.74 Å². The van der Waals surface area contributed by atoms with Crippen LogP contribution in [-0.4, -0.2) is 12.4 Å². The first-order valence-corrected chi connectivity index (χ1v) is 7.15. The lowest BCUT2D eigenvalue weighted by Gasteiger charge is -2.55. The average Bonchev–Trinajstić information content (AvgIpc) is 2.76. The van der Waals surface area contributed by atoms with Crippen molar-refractivity contribution in [2.75, 3.05) is 6.54 Å². The van der Waals surface area contributed by atoms with Gasteiger partial charge in [0, 0.05) is 5.41 Å². The first-order valence-electron chi connectivity index (χ1n) is 7.15. The van der Waals surface area contributed by atoms with Crippen molar-refractivity contribution in [1.29, 1.82) is 0 Å². The van der Waals surface area contributed by atoms with Crippen molar-refractivity contribution >= 4 is 5.90 Å². The Morgan fingerprint density at radius 3 is 2.18 bits per heavy atom. The van der Waals surface area contributed by atoms with Gasteiger partial charge in [-0.2, -0.15) is 0 Å². The van der Waals surface area contributed by atoms with Gasteiger partial charge in [0.25, 0.3) is 0 Å². The highest BCUT2D eigenvalue weighted by Gasteiger charge is 2.54. The maximum atomic E-state index is 6.01. The number of allylic oxidation sites excluding steroid dienone is 1. The molecule has 0 unspecified atom stereocenters. The van der Waals surface area contributed by atoms with Crippen LogP contribution in [0.5, 0.6) is 0 Å². The van der Waals surface area contributed by atoms with Gasteiger partial charge in [-0.05, 0) is 69.3 Å². The fourth-order valence-corrected chi connectivity index (χ4v) is 5.14. The van der Waals surface area contributed by atoms with E-state index in [9.17, 15) is 0 Å². The number of hydrogen-bond donors (Lipinski definition) is 0. The predicted octanol–water partition coefficient (Wildman–Crippen LogP) is 3.54. The van der Waals surface area contributed by atoms with Crippen LogP contribution in [0.1, 0.15) is 45.4 Å². The lowest BCUT2D eigenvalue weighted by molar-refractivity contribution is -0.0209. The van der Waals surface area contributed by atoms with Crippen molar-refractivity contribution in [2.24, 2.45) is 28.2 Å². The minimum atomic E-state index is 0.347. The second kappa shape index (κ2) is 3.37. The molecule has 0 aromatic carbocycles. The van der Waals surface area contributed by atoms with E-state index in [-0.39, 0.29) is 0 Å². The van der Waals surface area contributed by atoms with Crippen molar-refractivity contribution in [1.82, 2.24) is 0 Å². The SMILES string of the molecule is C/C=C1/CN=C(C23CC4CC(CC(C4)C2)C3)O1.